The van der Waals surface area contributed by atoms with E-state index in [1.807, 2.05) is 25.1 Å². The van der Waals surface area contributed by atoms with Crippen LogP contribution in [0.4, 0.5) is 0 Å². The topological polar surface area (TPSA) is 66.5 Å². The number of benzene rings is 3. The molecule has 0 unspecified atom stereocenters. The highest BCUT2D eigenvalue weighted by Crippen LogP contribution is 2.33. The molecule has 1 fully saturated rings. The van der Waals surface area contributed by atoms with Crippen molar-refractivity contribution in [2.24, 2.45) is 5.92 Å². The van der Waals surface area contributed by atoms with Crippen LogP contribution in [0, 0.1) is 5.92 Å². The predicted octanol–water partition coefficient (Wildman–Crippen LogP) is 5.42. The lowest BCUT2D eigenvalue weighted by Crippen LogP contribution is -2.43. The molecule has 8 heteroatoms. The van der Waals surface area contributed by atoms with E-state index < -0.39 is 10.0 Å². The molecule has 1 atom stereocenters. The van der Waals surface area contributed by atoms with Gasteiger partial charge in [-0.3, -0.25) is 4.79 Å². The average Bonchev–Trinajstić information content (AvgIpc) is 2.78. The molecule has 3 aromatic carbocycles. The fourth-order valence-corrected chi connectivity index (χ4v) is 6.67. The molecule has 1 saturated heterocycles. The van der Waals surface area contributed by atoms with Gasteiger partial charge in [0.05, 0.1) is 16.1 Å². The van der Waals surface area contributed by atoms with Crippen molar-refractivity contribution in [3.63, 3.8) is 0 Å². The summed E-state index contributed by atoms with van der Waals surface area (Å²) < 4.78 is 27.4. The van der Waals surface area contributed by atoms with Crippen LogP contribution in [-0.4, -0.2) is 31.7 Å². The lowest BCUT2D eigenvalue weighted by atomic mass is 9.96. The van der Waals surface area contributed by atoms with E-state index in [0.717, 1.165) is 16.3 Å². The van der Waals surface area contributed by atoms with Crippen LogP contribution >= 0.6 is 23.2 Å². The first-order valence-corrected chi connectivity index (χ1v) is 12.7. The number of hydrogen-bond donors (Lipinski definition) is 1. The van der Waals surface area contributed by atoms with Crippen LogP contribution in [0.2, 0.25) is 10.0 Å². The van der Waals surface area contributed by atoms with Crippen molar-refractivity contribution in [2.75, 3.05) is 13.1 Å². The highest BCUT2D eigenvalue weighted by molar-refractivity contribution is 7.89. The van der Waals surface area contributed by atoms with Crippen molar-refractivity contribution in [2.45, 2.75) is 30.7 Å². The van der Waals surface area contributed by atoms with E-state index in [1.165, 1.54) is 16.4 Å². The van der Waals surface area contributed by atoms with Crippen molar-refractivity contribution < 1.29 is 13.2 Å². The highest BCUT2D eigenvalue weighted by Gasteiger charge is 2.34. The van der Waals surface area contributed by atoms with Crippen molar-refractivity contribution in [3.05, 3.63) is 76.3 Å². The Morgan fingerprint density at radius 1 is 0.969 bits per heavy atom. The van der Waals surface area contributed by atoms with Crippen molar-refractivity contribution in [3.8, 4) is 0 Å². The van der Waals surface area contributed by atoms with Crippen LogP contribution in [0.1, 0.15) is 31.4 Å². The number of sulfonamides is 1. The van der Waals surface area contributed by atoms with Gasteiger partial charge in [0.2, 0.25) is 15.9 Å². The zero-order valence-corrected chi connectivity index (χ0v) is 19.9. The summed E-state index contributed by atoms with van der Waals surface area (Å²) in [6.07, 6.45) is 0.884. The molecule has 0 bridgehead atoms. The van der Waals surface area contributed by atoms with Gasteiger partial charge in [-0.15, -0.1) is 0 Å². The number of carbonyl (C=O) groups excluding carboxylic acids is 1. The molecule has 1 aliphatic heterocycles. The Morgan fingerprint density at radius 2 is 1.59 bits per heavy atom. The summed E-state index contributed by atoms with van der Waals surface area (Å²) in [7, 11) is -3.82. The summed E-state index contributed by atoms with van der Waals surface area (Å²) in [6, 6.07) is 18.7. The fraction of sp³-hybridized carbons (Fsp3) is 0.292. The monoisotopic (exact) mass is 490 g/mol. The third-order valence-electron chi connectivity index (χ3n) is 5.97. The number of fused-ring (bicyclic) bond motifs is 1. The number of piperidine rings is 1. The number of rotatable bonds is 5. The first kappa shape index (κ1) is 23.1. The third kappa shape index (κ3) is 4.64. The Bertz CT molecular complexity index is 1230. The summed E-state index contributed by atoms with van der Waals surface area (Å²) in [5, 5.41) is 5.56. The van der Waals surface area contributed by atoms with E-state index in [2.05, 4.69) is 29.6 Å². The maximum absolute atomic E-state index is 13.0. The van der Waals surface area contributed by atoms with Gasteiger partial charge in [0.25, 0.3) is 0 Å². The Balaban J connectivity index is 1.40. The molecular weight excluding hydrogens is 467 g/mol. The largest absolute Gasteiger partial charge is 0.349 e. The summed E-state index contributed by atoms with van der Waals surface area (Å²) in [5.41, 5.74) is 1.03. The van der Waals surface area contributed by atoms with E-state index in [1.54, 1.807) is 6.07 Å². The van der Waals surface area contributed by atoms with E-state index in [9.17, 15) is 13.2 Å². The molecule has 168 valence electrons. The second-order valence-electron chi connectivity index (χ2n) is 8.07. The maximum Gasteiger partial charge on any atom is 0.246 e. The summed E-state index contributed by atoms with van der Waals surface area (Å²) in [6.45, 7) is 2.44. The summed E-state index contributed by atoms with van der Waals surface area (Å²) >= 11 is 12.2. The van der Waals surface area contributed by atoms with Gasteiger partial charge in [-0.25, -0.2) is 8.42 Å². The predicted molar refractivity (Wildman–Crippen MR) is 128 cm³/mol. The Hall–Kier alpha value is -2.12. The lowest BCUT2D eigenvalue weighted by Gasteiger charge is -2.31. The normalized spacial score (nSPS) is 16.7. The quantitative estimate of drug-likeness (QED) is 0.518. The Kier molecular flexibility index (Phi) is 6.77. The Morgan fingerprint density at radius 3 is 2.25 bits per heavy atom. The van der Waals surface area contributed by atoms with Gasteiger partial charge < -0.3 is 5.32 Å². The van der Waals surface area contributed by atoms with Crippen LogP contribution in [0.3, 0.4) is 0 Å². The number of carbonyl (C=O) groups is 1. The molecule has 4 rings (SSSR count). The minimum Gasteiger partial charge on any atom is -0.349 e. The van der Waals surface area contributed by atoms with E-state index in [0.29, 0.717) is 12.8 Å². The molecule has 1 N–H and O–H groups in total. The zero-order valence-electron chi connectivity index (χ0n) is 17.6. The molecule has 0 saturated carbocycles. The zero-order chi connectivity index (χ0) is 22.9. The number of nitrogens with zero attached hydrogens (tertiary/aromatic N) is 1. The Labute approximate surface area is 198 Å². The SMILES string of the molecule is C[C@H](NC(=O)C1CCN(S(=O)(=O)c2c(Cl)cccc2Cl)CC1)c1ccc2ccccc2c1. The van der Waals surface area contributed by atoms with Gasteiger partial charge in [0.1, 0.15) is 4.90 Å². The van der Waals surface area contributed by atoms with Crippen LogP contribution in [0.25, 0.3) is 10.8 Å². The van der Waals surface area contributed by atoms with Gasteiger partial charge >= 0.3 is 0 Å². The first-order valence-electron chi connectivity index (χ1n) is 10.5. The number of amides is 1. The van der Waals surface area contributed by atoms with Crippen LogP contribution in [0.5, 0.6) is 0 Å². The molecule has 1 heterocycles. The summed E-state index contributed by atoms with van der Waals surface area (Å²) in [5.74, 6) is -0.301. The molecule has 5 nitrogen and oxygen atoms in total. The lowest BCUT2D eigenvalue weighted by molar-refractivity contribution is -0.126. The van der Waals surface area contributed by atoms with E-state index in [-0.39, 0.29) is 45.9 Å². The minimum atomic E-state index is -3.82. The molecule has 0 spiro atoms. The van der Waals surface area contributed by atoms with Crippen molar-refractivity contribution in [1.82, 2.24) is 9.62 Å². The third-order valence-corrected chi connectivity index (χ3v) is 8.83. The average molecular weight is 491 g/mol. The van der Waals surface area contributed by atoms with E-state index in [4.69, 9.17) is 23.2 Å². The molecular formula is C24H24Cl2N2O3S. The van der Waals surface area contributed by atoms with Crippen LogP contribution in [0.15, 0.2) is 65.6 Å². The first-order chi connectivity index (χ1) is 15.3. The maximum atomic E-state index is 13.0. The van der Waals surface area contributed by atoms with Gasteiger partial charge in [0.15, 0.2) is 0 Å². The number of hydrogen-bond acceptors (Lipinski definition) is 3. The number of nitrogens with one attached hydrogen (secondary N) is 1. The second-order valence-corrected chi connectivity index (χ2v) is 10.8. The smallest absolute Gasteiger partial charge is 0.246 e. The summed E-state index contributed by atoms with van der Waals surface area (Å²) in [4.78, 5) is 12.8. The van der Waals surface area contributed by atoms with Gasteiger partial charge in [-0.1, -0.05) is 65.7 Å². The van der Waals surface area contributed by atoms with Gasteiger partial charge in [-0.2, -0.15) is 4.31 Å². The molecule has 0 aromatic heterocycles. The molecule has 1 amide bonds. The molecule has 0 aliphatic carbocycles. The number of halogens is 2. The molecule has 3 aromatic rings. The fourth-order valence-electron chi connectivity index (χ4n) is 4.11. The molecule has 1 aliphatic rings. The molecule has 0 radical (unpaired) electrons. The van der Waals surface area contributed by atoms with Crippen molar-refractivity contribution in [1.29, 1.82) is 0 Å². The van der Waals surface area contributed by atoms with Gasteiger partial charge in [0, 0.05) is 19.0 Å². The van der Waals surface area contributed by atoms with Crippen LogP contribution in [-0.2, 0) is 14.8 Å². The van der Waals surface area contributed by atoms with Gasteiger partial charge in [-0.05, 0) is 54.3 Å². The second kappa shape index (κ2) is 9.40. The van der Waals surface area contributed by atoms with Crippen molar-refractivity contribution >= 4 is 49.9 Å². The van der Waals surface area contributed by atoms with E-state index >= 15 is 0 Å². The van der Waals surface area contributed by atoms with Crippen LogP contribution < -0.4 is 5.32 Å². The minimum absolute atomic E-state index is 0.0570. The standard InChI is InChI=1S/C24H24Cl2N2O3S/c1-16(19-10-9-17-5-2-3-6-20(17)15-19)27-24(29)18-11-13-28(14-12-18)32(30,31)23-21(25)7-4-8-22(23)26/h2-10,15-16,18H,11-14H2,1H3,(H,27,29)/t16-/m0/s1. The molecule has 32 heavy (non-hydrogen) atoms. The highest BCUT2D eigenvalue weighted by atomic mass is 35.5.